The van der Waals surface area contributed by atoms with Gasteiger partial charge in [-0.15, -0.1) is 11.3 Å². The van der Waals surface area contributed by atoms with Crippen LogP contribution in [0.1, 0.15) is 21.2 Å². The van der Waals surface area contributed by atoms with Crippen molar-refractivity contribution < 1.29 is 9.53 Å². The van der Waals surface area contributed by atoms with Gasteiger partial charge in [0.15, 0.2) is 5.13 Å². The zero-order valence-corrected chi connectivity index (χ0v) is 17.3. The summed E-state index contributed by atoms with van der Waals surface area (Å²) in [5.74, 6) is 0.704. The molecule has 1 amide bonds. The number of benzene rings is 1. The maximum absolute atomic E-state index is 12.4. The molecule has 138 valence electrons. The van der Waals surface area contributed by atoms with E-state index in [1.807, 2.05) is 6.92 Å². The van der Waals surface area contributed by atoms with E-state index in [4.69, 9.17) is 21.6 Å². The minimum Gasteiger partial charge on any atom is -0.486 e. The zero-order chi connectivity index (χ0) is 19.2. The molecule has 0 aliphatic rings. The highest BCUT2D eigenvalue weighted by atomic mass is 35.5. The van der Waals surface area contributed by atoms with E-state index in [-0.39, 0.29) is 12.5 Å². The number of aromatic nitrogens is 2. The van der Waals surface area contributed by atoms with Gasteiger partial charge in [0.05, 0.1) is 21.7 Å². The van der Waals surface area contributed by atoms with Crippen LogP contribution in [0.15, 0.2) is 33.9 Å². The zero-order valence-electron chi connectivity index (χ0n) is 14.1. The summed E-state index contributed by atoms with van der Waals surface area (Å²) in [6, 6.07) is 9.12. The molecule has 2 heterocycles. The average Bonchev–Trinajstić information content (AvgIpc) is 3.26. The van der Waals surface area contributed by atoms with Gasteiger partial charge in [-0.3, -0.25) is 10.1 Å². The third kappa shape index (κ3) is 5.43. The predicted octanol–water partition coefficient (Wildman–Crippen LogP) is 5.01. The van der Waals surface area contributed by atoms with E-state index in [2.05, 4.69) is 21.4 Å². The van der Waals surface area contributed by atoms with Crippen LogP contribution in [0.3, 0.4) is 0 Å². The Labute approximate surface area is 173 Å². The summed E-state index contributed by atoms with van der Waals surface area (Å²) >= 11 is 9.94. The molecule has 0 radical (unpaired) electrons. The number of anilines is 1. The lowest BCUT2D eigenvalue weighted by Gasteiger charge is -2.03. The molecule has 0 spiro atoms. The third-order valence-electron chi connectivity index (χ3n) is 3.20. The van der Waals surface area contributed by atoms with Gasteiger partial charge in [-0.25, -0.2) is 9.97 Å². The third-order valence-corrected chi connectivity index (χ3v) is 6.58. The van der Waals surface area contributed by atoms with Crippen LogP contribution >= 0.6 is 46.0 Å². The van der Waals surface area contributed by atoms with Crippen molar-refractivity contribution >= 4 is 57.1 Å². The first-order valence-corrected chi connectivity index (χ1v) is 10.7. The summed E-state index contributed by atoms with van der Waals surface area (Å²) in [5.41, 5.74) is 1.11. The number of ether oxygens (including phenoxy) is 1. The number of nitrogens with zero attached hydrogens (tertiary/aromatic N) is 3. The van der Waals surface area contributed by atoms with Gasteiger partial charge in [-0.1, -0.05) is 34.7 Å². The summed E-state index contributed by atoms with van der Waals surface area (Å²) in [6.45, 7) is 2.12. The molecule has 0 atom stereocenters. The molecule has 2 aromatic heterocycles. The Morgan fingerprint density at radius 1 is 1.37 bits per heavy atom. The quantitative estimate of drug-likeness (QED) is 0.524. The van der Waals surface area contributed by atoms with Crippen LogP contribution < -0.4 is 10.1 Å². The van der Waals surface area contributed by atoms with Gasteiger partial charge in [0, 0.05) is 10.4 Å². The highest BCUT2D eigenvalue weighted by Crippen LogP contribution is 2.32. The van der Waals surface area contributed by atoms with Crippen molar-refractivity contribution in [3.63, 3.8) is 0 Å². The van der Waals surface area contributed by atoms with Crippen LogP contribution in [-0.4, -0.2) is 21.6 Å². The van der Waals surface area contributed by atoms with E-state index in [9.17, 15) is 4.79 Å². The average molecular weight is 437 g/mol. The minimum atomic E-state index is -0.324. The van der Waals surface area contributed by atoms with Crippen LogP contribution in [0.2, 0.25) is 5.02 Å². The summed E-state index contributed by atoms with van der Waals surface area (Å²) in [7, 11) is 0. The van der Waals surface area contributed by atoms with Gasteiger partial charge in [0.2, 0.25) is 0 Å². The van der Waals surface area contributed by atoms with Crippen LogP contribution in [0.5, 0.6) is 5.75 Å². The monoisotopic (exact) mass is 436 g/mol. The molecule has 0 aliphatic heterocycles. The van der Waals surface area contributed by atoms with Crippen molar-refractivity contribution in [2.45, 2.75) is 17.7 Å². The topological polar surface area (TPSA) is 87.9 Å². The number of carbonyl (C=O) groups excluding carboxylic acids is 1. The number of carbonyl (C=O) groups is 1. The number of hydrogen-bond acceptors (Lipinski definition) is 8. The lowest BCUT2D eigenvalue weighted by Crippen LogP contribution is -2.12. The number of amides is 1. The van der Waals surface area contributed by atoms with Crippen molar-refractivity contribution in [3.8, 4) is 11.8 Å². The normalized spacial score (nSPS) is 10.4. The molecule has 0 aliphatic carbocycles. The van der Waals surface area contributed by atoms with Gasteiger partial charge >= 0.3 is 0 Å². The van der Waals surface area contributed by atoms with E-state index in [0.717, 1.165) is 9.90 Å². The largest absolute Gasteiger partial charge is 0.486 e. The molecule has 0 unspecified atom stereocenters. The molecule has 3 rings (SSSR count). The number of aryl methyl sites for hydroxylation is 1. The van der Waals surface area contributed by atoms with E-state index < -0.39 is 0 Å². The summed E-state index contributed by atoms with van der Waals surface area (Å²) < 4.78 is 6.55. The van der Waals surface area contributed by atoms with Crippen LogP contribution in [0.4, 0.5) is 5.13 Å². The fraction of sp³-hybridized carbons (Fsp3) is 0.176. The number of rotatable bonds is 7. The summed E-state index contributed by atoms with van der Waals surface area (Å²) in [5, 5.41) is 14.9. The first-order chi connectivity index (χ1) is 13.0. The lowest BCUT2D eigenvalue weighted by atomic mass is 10.3. The molecule has 0 fully saturated rings. The fourth-order valence-electron chi connectivity index (χ4n) is 1.99. The van der Waals surface area contributed by atoms with Crippen molar-refractivity contribution in [1.29, 1.82) is 5.26 Å². The van der Waals surface area contributed by atoms with Gasteiger partial charge in [-0.2, -0.15) is 5.26 Å². The number of hydrogen-bond donors (Lipinski definition) is 1. The number of thiazole rings is 2. The molecule has 6 nitrogen and oxygen atoms in total. The Hall–Kier alpha value is -2.12. The molecule has 27 heavy (non-hydrogen) atoms. The van der Waals surface area contributed by atoms with Gasteiger partial charge < -0.3 is 4.74 Å². The van der Waals surface area contributed by atoms with Crippen LogP contribution in [0, 0.1) is 18.3 Å². The second-order valence-electron chi connectivity index (χ2n) is 5.16. The van der Waals surface area contributed by atoms with Crippen LogP contribution in [-0.2, 0) is 6.61 Å². The summed E-state index contributed by atoms with van der Waals surface area (Å²) in [4.78, 5) is 21.0. The van der Waals surface area contributed by atoms with E-state index in [0.29, 0.717) is 32.4 Å². The van der Waals surface area contributed by atoms with Crippen molar-refractivity contribution in [2.24, 2.45) is 0 Å². The maximum atomic E-state index is 12.4. The molecule has 0 bridgehead atoms. The Kier molecular flexibility index (Phi) is 6.68. The number of nitriles is 1. The van der Waals surface area contributed by atoms with Gasteiger partial charge in [-0.05, 0) is 31.2 Å². The highest BCUT2D eigenvalue weighted by molar-refractivity contribution is 8.01. The number of thioether (sulfide) groups is 1. The molecular formula is C17H13ClN4O2S3. The first kappa shape index (κ1) is 19.6. The molecule has 1 N–H and O–H groups in total. The Morgan fingerprint density at radius 3 is 2.89 bits per heavy atom. The molecule has 10 heteroatoms. The highest BCUT2D eigenvalue weighted by Gasteiger charge is 2.15. The molecular weight excluding hydrogens is 424 g/mol. The second kappa shape index (κ2) is 9.19. The Balaban J connectivity index is 1.58. The minimum absolute atomic E-state index is 0.269. The first-order valence-electron chi connectivity index (χ1n) is 7.66. The van der Waals surface area contributed by atoms with E-state index in [1.54, 1.807) is 29.6 Å². The SMILES string of the molecule is Cc1nc(NC(=O)c2csc(COc3ccc(Cl)cc3)n2)sc1SCC#N. The standard InChI is InChI=1S/C17H13ClN4O2S3/c1-10-16(25-7-6-19)27-17(20-10)22-15(23)13-9-26-14(21-13)8-24-12-4-2-11(18)3-5-12/h2-5,9H,7-8H2,1H3,(H,20,22,23). The number of nitrogens with one attached hydrogen (secondary N) is 1. The predicted molar refractivity (Wildman–Crippen MR) is 109 cm³/mol. The maximum Gasteiger partial charge on any atom is 0.276 e. The summed E-state index contributed by atoms with van der Waals surface area (Å²) in [6.07, 6.45) is 0. The second-order valence-corrected chi connectivity index (χ2v) is 8.78. The Morgan fingerprint density at radius 2 is 2.15 bits per heavy atom. The fourth-order valence-corrected chi connectivity index (χ4v) is 4.59. The van der Waals surface area contributed by atoms with E-state index >= 15 is 0 Å². The lowest BCUT2D eigenvalue weighted by molar-refractivity contribution is 0.102. The van der Waals surface area contributed by atoms with E-state index in [1.165, 1.54) is 34.4 Å². The van der Waals surface area contributed by atoms with Crippen molar-refractivity contribution in [2.75, 3.05) is 11.1 Å². The number of halogens is 1. The molecule has 3 aromatic rings. The molecule has 0 saturated heterocycles. The molecule has 1 aromatic carbocycles. The molecule has 0 saturated carbocycles. The van der Waals surface area contributed by atoms with Crippen molar-refractivity contribution in [3.05, 3.63) is 51.1 Å². The van der Waals surface area contributed by atoms with Gasteiger partial charge in [0.25, 0.3) is 5.91 Å². The Bertz CT molecular complexity index is 979. The van der Waals surface area contributed by atoms with Gasteiger partial charge in [0.1, 0.15) is 23.1 Å². The smallest absolute Gasteiger partial charge is 0.276 e. The van der Waals surface area contributed by atoms with Crippen LogP contribution in [0.25, 0.3) is 0 Å². The van der Waals surface area contributed by atoms with Crippen molar-refractivity contribution in [1.82, 2.24) is 9.97 Å².